The highest BCUT2D eigenvalue weighted by Gasteiger charge is 2.05. The lowest BCUT2D eigenvalue weighted by Crippen LogP contribution is -2.35. The number of aryl methyl sites for hydroxylation is 1. The Bertz CT molecular complexity index is 379. The number of nitrogens with one attached hydrogen (secondary N) is 2. The molecule has 2 N–H and O–H groups in total. The molecule has 88 valence electrons. The molecule has 0 saturated heterocycles. The predicted octanol–water partition coefficient (Wildman–Crippen LogP) is 2.09. The van der Waals surface area contributed by atoms with Crippen LogP contribution in [0.25, 0.3) is 0 Å². The molecule has 1 aromatic heterocycles. The SMILES string of the molecule is Cc1cnc(NCC(=O)NC(C)C)c(Br)c1. The van der Waals surface area contributed by atoms with Gasteiger partial charge in [-0.25, -0.2) is 4.98 Å². The van der Waals surface area contributed by atoms with E-state index in [1.807, 2.05) is 26.8 Å². The molecule has 1 rings (SSSR count). The van der Waals surface area contributed by atoms with Crippen LogP contribution in [0.15, 0.2) is 16.7 Å². The Morgan fingerprint density at radius 3 is 2.81 bits per heavy atom. The summed E-state index contributed by atoms with van der Waals surface area (Å²) in [6, 6.07) is 2.11. The zero-order chi connectivity index (χ0) is 12.1. The number of nitrogens with zero attached hydrogens (tertiary/aromatic N) is 1. The van der Waals surface area contributed by atoms with Crippen molar-refractivity contribution < 1.29 is 4.79 Å². The van der Waals surface area contributed by atoms with Gasteiger partial charge in [-0.3, -0.25) is 4.79 Å². The molecule has 0 bridgehead atoms. The fourth-order valence-electron chi connectivity index (χ4n) is 1.20. The van der Waals surface area contributed by atoms with E-state index in [9.17, 15) is 4.79 Å². The monoisotopic (exact) mass is 285 g/mol. The summed E-state index contributed by atoms with van der Waals surface area (Å²) in [5, 5.41) is 5.77. The molecule has 0 aliphatic heterocycles. The molecule has 0 aliphatic rings. The van der Waals surface area contributed by atoms with Crippen LogP contribution in [0.2, 0.25) is 0 Å². The number of hydrogen-bond acceptors (Lipinski definition) is 3. The molecule has 0 atom stereocenters. The number of anilines is 1. The summed E-state index contributed by atoms with van der Waals surface area (Å²) in [5.74, 6) is 0.647. The minimum Gasteiger partial charge on any atom is -0.360 e. The highest BCUT2D eigenvalue weighted by molar-refractivity contribution is 9.10. The molecule has 4 nitrogen and oxygen atoms in total. The van der Waals surface area contributed by atoms with Crippen molar-refractivity contribution in [2.24, 2.45) is 0 Å². The van der Waals surface area contributed by atoms with Crippen molar-refractivity contribution in [3.05, 3.63) is 22.3 Å². The highest BCUT2D eigenvalue weighted by atomic mass is 79.9. The molecule has 0 spiro atoms. The van der Waals surface area contributed by atoms with Crippen LogP contribution in [-0.4, -0.2) is 23.5 Å². The van der Waals surface area contributed by atoms with Crippen LogP contribution in [-0.2, 0) is 4.79 Å². The van der Waals surface area contributed by atoms with Gasteiger partial charge in [0.1, 0.15) is 5.82 Å². The quantitative estimate of drug-likeness (QED) is 0.891. The average Bonchev–Trinajstić information content (AvgIpc) is 2.15. The molecule has 0 aromatic carbocycles. The summed E-state index contributed by atoms with van der Waals surface area (Å²) < 4.78 is 0.866. The summed E-state index contributed by atoms with van der Waals surface area (Å²) in [7, 11) is 0. The zero-order valence-electron chi connectivity index (χ0n) is 9.67. The van der Waals surface area contributed by atoms with Crippen molar-refractivity contribution in [1.29, 1.82) is 0 Å². The molecule has 1 amide bonds. The van der Waals surface area contributed by atoms with Gasteiger partial charge < -0.3 is 10.6 Å². The molecule has 0 unspecified atom stereocenters. The Labute approximate surface area is 104 Å². The fourth-order valence-corrected chi connectivity index (χ4v) is 1.80. The van der Waals surface area contributed by atoms with E-state index in [0.29, 0.717) is 5.82 Å². The Kier molecular flexibility index (Phi) is 4.73. The van der Waals surface area contributed by atoms with Crippen molar-refractivity contribution in [3.8, 4) is 0 Å². The maximum absolute atomic E-state index is 11.4. The Morgan fingerprint density at radius 2 is 2.25 bits per heavy atom. The second-order valence-electron chi connectivity index (χ2n) is 3.92. The maximum atomic E-state index is 11.4. The minimum absolute atomic E-state index is 0.0377. The number of rotatable bonds is 4. The molecule has 0 saturated carbocycles. The Morgan fingerprint density at radius 1 is 1.56 bits per heavy atom. The maximum Gasteiger partial charge on any atom is 0.239 e. The number of halogens is 1. The van der Waals surface area contributed by atoms with E-state index in [4.69, 9.17) is 0 Å². The third-order valence-electron chi connectivity index (χ3n) is 1.84. The van der Waals surface area contributed by atoms with Gasteiger partial charge in [0, 0.05) is 12.2 Å². The second-order valence-corrected chi connectivity index (χ2v) is 4.77. The molecule has 16 heavy (non-hydrogen) atoms. The van der Waals surface area contributed by atoms with Crippen molar-refractivity contribution in [1.82, 2.24) is 10.3 Å². The average molecular weight is 286 g/mol. The first-order valence-corrected chi connectivity index (χ1v) is 5.93. The first-order valence-electron chi connectivity index (χ1n) is 5.14. The van der Waals surface area contributed by atoms with Crippen molar-refractivity contribution >= 4 is 27.7 Å². The number of carbonyl (C=O) groups is 1. The summed E-state index contributed by atoms with van der Waals surface area (Å²) in [5.41, 5.74) is 1.07. The van der Waals surface area contributed by atoms with Gasteiger partial charge >= 0.3 is 0 Å². The molecular weight excluding hydrogens is 270 g/mol. The van der Waals surface area contributed by atoms with Gasteiger partial charge in [-0.2, -0.15) is 0 Å². The molecule has 0 aliphatic carbocycles. The molecule has 0 fully saturated rings. The molecule has 0 radical (unpaired) electrons. The van der Waals surface area contributed by atoms with Crippen LogP contribution in [0.3, 0.4) is 0 Å². The van der Waals surface area contributed by atoms with Crippen LogP contribution < -0.4 is 10.6 Å². The van der Waals surface area contributed by atoms with E-state index in [2.05, 4.69) is 31.5 Å². The Hall–Kier alpha value is -1.10. The first-order chi connectivity index (χ1) is 7.49. The lowest BCUT2D eigenvalue weighted by atomic mass is 10.3. The van der Waals surface area contributed by atoms with Crippen LogP contribution >= 0.6 is 15.9 Å². The highest BCUT2D eigenvalue weighted by Crippen LogP contribution is 2.19. The lowest BCUT2D eigenvalue weighted by Gasteiger charge is -2.10. The zero-order valence-corrected chi connectivity index (χ0v) is 11.3. The van der Waals surface area contributed by atoms with E-state index in [0.717, 1.165) is 10.0 Å². The van der Waals surface area contributed by atoms with Crippen molar-refractivity contribution in [3.63, 3.8) is 0 Å². The summed E-state index contributed by atoms with van der Waals surface area (Å²) in [4.78, 5) is 15.6. The number of carbonyl (C=O) groups excluding carboxylic acids is 1. The van der Waals surface area contributed by atoms with E-state index in [1.54, 1.807) is 6.20 Å². The molecule has 1 aromatic rings. The largest absolute Gasteiger partial charge is 0.360 e. The lowest BCUT2D eigenvalue weighted by molar-refractivity contribution is -0.119. The van der Waals surface area contributed by atoms with Crippen LogP contribution in [0.1, 0.15) is 19.4 Å². The van der Waals surface area contributed by atoms with E-state index >= 15 is 0 Å². The second kappa shape index (κ2) is 5.84. The number of pyridine rings is 1. The van der Waals surface area contributed by atoms with Gasteiger partial charge in [0.15, 0.2) is 0 Å². The smallest absolute Gasteiger partial charge is 0.239 e. The summed E-state index contributed by atoms with van der Waals surface area (Å²) in [6.07, 6.45) is 1.76. The topological polar surface area (TPSA) is 54.0 Å². The number of hydrogen-bond donors (Lipinski definition) is 2. The first kappa shape index (κ1) is 13.0. The summed E-state index contributed by atoms with van der Waals surface area (Å²) >= 11 is 3.39. The van der Waals surface area contributed by atoms with Gasteiger partial charge in [-0.05, 0) is 48.3 Å². The van der Waals surface area contributed by atoms with Gasteiger partial charge in [0.25, 0.3) is 0 Å². The summed E-state index contributed by atoms with van der Waals surface area (Å²) in [6.45, 7) is 6.05. The predicted molar refractivity (Wildman–Crippen MR) is 68.4 cm³/mol. The van der Waals surface area contributed by atoms with E-state index < -0.39 is 0 Å². The third-order valence-corrected chi connectivity index (χ3v) is 2.45. The van der Waals surface area contributed by atoms with Gasteiger partial charge in [-0.15, -0.1) is 0 Å². The van der Waals surface area contributed by atoms with Gasteiger partial charge in [0.2, 0.25) is 5.91 Å². The minimum atomic E-state index is -0.0377. The normalized spacial score (nSPS) is 10.3. The van der Waals surface area contributed by atoms with Gasteiger partial charge in [0.05, 0.1) is 11.0 Å². The van der Waals surface area contributed by atoms with Crippen LogP contribution in [0, 0.1) is 6.92 Å². The number of amides is 1. The molecular formula is C11H16BrN3O. The van der Waals surface area contributed by atoms with Crippen molar-refractivity contribution in [2.45, 2.75) is 26.8 Å². The van der Waals surface area contributed by atoms with Gasteiger partial charge in [-0.1, -0.05) is 0 Å². The fraction of sp³-hybridized carbons (Fsp3) is 0.455. The number of aromatic nitrogens is 1. The third kappa shape index (κ3) is 4.18. The Balaban J connectivity index is 2.51. The van der Waals surface area contributed by atoms with Crippen LogP contribution in [0.4, 0.5) is 5.82 Å². The van der Waals surface area contributed by atoms with Crippen molar-refractivity contribution in [2.75, 3.05) is 11.9 Å². The van der Waals surface area contributed by atoms with Crippen LogP contribution in [0.5, 0.6) is 0 Å². The van der Waals surface area contributed by atoms with E-state index in [-0.39, 0.29) is 18.5 Å². The molecule has 5 heteroatoms. The molecule has 1 heterocycles. The standard InChI is InChI=1S/C11H16BrN3O/c1-7(2)15-10(16)6-14-11-9(12)4-8(3)5-13-11/h4-5,7H,6H2,1-3H3,(H,13,14)(H,15,16). The van der Waals surface area contributed by atoms with E-state index in [1.165, 1.54) is 0 Å².